The lowest BCUT2D eigenvalue weighted by atomic mass is 9.98. The molecule has 214 valence electrons. The van der Waals surface area contributed by atoms with E-state index in [1.54, 1.807) is 29.2 Å². The SMILES string of the molecule is COC(=O)C(c1ccccc1Cl)N1CCC(SSCC(NC(=O)CCC(N)C(=O)O)C(=O)O)/C(=C\C(=O)O)C1. The minimum Gasteiger partial charge on any atom is -0.480 e. The third-order valence-electron chi connectivity index (χ3n) is 5.83. The quantitative estimate of drug-likeness (QED) is 0.117. The van der Waals surface area contributed by atoms with E-state index < -0.39 is 47.9 Å². The van der Waals surface area contributed by atoms with E-state index >= 15 is 0 Å². The lowest BCUT2D eigenvalue weighted by molar-refractivity contribution is -0.147. The predicted octanol–water partition coefficient (Wildman–Crippen LogP) is 1.78. The molecule has 0 radical (unpaired) electrons. The third kappa shape index (κ3) is 10.0. The van der Waals surface area contributed by atoms with Gasteiger partial charge in [-0.15, -0.1) is 0 Å². The number of hydrogen-bond donors (Lipinski definition) is 5. The van der Waals surface area contributed by atoms with Crippen LogP contribution in [0.25, 0.3) is 0 Å². The number of carboxylic acid groups (broad SMARTS) is 3. The maximum absolute atomic E-state index is 12.7. The lowest BCUT2D eigenvalue weighted by Gasteiger charge is -2.37. The highest BCUT2D eigenvalue weighted by molar-refractivity contribution is 8.77. The Morgan fingerprint density at radius 1 is 1.21 bits per heavy atom. The zero-order valence-electron chi connectivity index (χ0n) is 20.9. The molecule has 1 aliphatic rings. The van der Waals surface area contributed by atoms with Gasteiger partial charge in [0, 0.05) is 41.6 Å². The number of ether oxygens (including phenoxy) is 1. The summed E-state index contributed by atoms with van der Waals surface area (Å²) in [4.78, 5) is 60.5. The Kier molecular flexibility index (Phi) is 13.1. The minimum atomic E-state index is -1.27. The van der Waals surface area contributed by atoms with Gasteiger partial charge in [-0.1, -0.05) is 51.4 Å². The molecule has 0 bridgehead atoms. The van der Waals surface area contributed by atoms with Gasteiger partial charge in [-0.05, 0) is 30.0 Å². The van der Waals surface area contributed by atoms with Crippen LogP contribution in [0.5, 0.6) is 0 Å². The fraction of sp³-hybridized carbons (Fsp3) is 0.458. The molecular weight excluding hydrogens is 574 g/mol. The van der Waals surface area contributed by atoms with Gasteiger partial charge in [0.1, 0.15) is 18.1 Å². The van der Waals surface area contributed by atoms with Gasteiger partial charge in [-0.2, -0.15) is 0 Å². The summed E-state index contributed by atoms with van der Waals surface area (Å²) in [6.45, 7) is 0.543. The summed E-state index contributed by atoms with van der Waals surface area (Å²) in [6, 6.07) is 3.50. The van der Waals surface area contributed by atoms with E-state index in [-0.39, 0.29) is 30.4 Å². The Labute approximate surface area is 237 Å². The van der Waals surface area contributed by atoms with Crippen LogP contribution in [-0.4, -0.2) is 93.3 Å². The predicted molar refractivity (Wildman–Crippen MR) is 146 cm³/mol. The van der Waals surface area contributed by atoms with Crippen molar-refractivity contribution in [3.63, 3.8) is 0 Å². The standard InChI is InChI=1S/C24H30ClN3O9S2/c1-37-24(36)21(14-4-2-3-5-15(14)25)28-9-8-18(13(11-28)10-20(30)31)39-38-12-17(23(34)35)27-19(29)7-6-16(26)22(32)33/h2-5,10,16-18,21H,6-9,11-12,26H2,1H3,(H,27,29)(H,30,31)(H,32,33)(H,34,35)/b13-10-. The molecule has 0 aromatic heterocycles. The van der Waals surface area contributed by atoms with E-state index in [0.29, 0.717) is 29.1 Å². The van der Waals surface area contributed by atoms with Crippen molar-refractivity contribution in [3.05, 3.63) is 46.5 Å². The molecule has 4 unspecified atom stereocenters. The lowest BCUT2D eigenvalue weighted by Crippen LogP contribution is -2.43. The number of piperidine rings is 1. The van der Waals surface area contributed by atoms with E-state index in [9.17, 15) is 34.2 Å². The maximum Gasteiger partial charge on any atom is 0.328 e. The molecule has 1 heterocycles. The molecule has 1 aromatic rings. The summed E-state index contributed by atoms with van der Waals surface area (Å²) in [6.07, 6.45) is 1.14. The smallest absolute Gasteiger partial charge is 0.328 e. The van der Waals surface area contributed by atoms with Crippen molar-refractivity contribution in [2.24, 2.45) is 5.73 Å². The van der Waals surface area contributed by atoms with Crippen molar-refractivity contribution in [2.45, 2.75) is 42.6 Å². The highest BCUT2D eigenvalue weighted by atomic mass is 35.5. The molecule has 2 rings (SSSR count). The van der Waals surface area contributed by atoms with Crippen molar-refractivity contribution < 1.29 is 44.0 Å². The van der Waals surface area contributed by atoms with E-state index in [1.165, 1.54) is 17.9 Å². The monoisotopic (exact) mass is 603 g/mol. The van der Waals surface area contributed by atoms with E-state index in [0.717, 1.165) is 16.9 Å². The number of aliphatic carboxylic acids is 3. The molecule has 1 saturated heterocycles. The van der Waals surface area contributed by atoms with Crippen molar-refractivity contribution in [2.75, 3.05) is 26.0 Å². The molecule has 1 aromatic carbocycles. The Morgan fingerprint density at radius 3 is 2.49 bits per heavy atom. The molecule has 15 heteroatoms. The molecule has 6 N–H and O–H groups in total. The number of methoxy groups -OCH3 is 1. The average molecular weight is 604 g/mol. The number of nitrogens with two attached hydrogens (primary N) is 1. The number of esters is 1. The number of nitrogens with one attached hydrogen (secondary N) is 1. The topological polar surface area (TPSA) is 197 Å². The third-order valence-corrected chi connectivity index (χ3v) is 9.06. The number of carbonyl (C=O) groups is 5. The first-order valence-electron chi connectivity index (χ1n) is 11.7. The average Bonchev–Trinajstić information content (AvgIpc) is 2.88. The van der Waals surface area contributed by atoms with Gasteiger partial charge in [0.25, 0.3) is 0 Å². The second kappa shape index (κ2) is 15.7. The molecule has 39 heavy (non-hydrogen) atoms. The van der Waals surface area contributed by atoms with Gasteiger partial charge in [-0.25, -0.2) is 14.4 Å². The summed E-state index contributed by atoms with van der Waals surface area (Å²) >= 11 is 6.34. The highest BCUT2D eigenvalue weighted by Gasteiger charge is 2.36. The largest absolute Gasteiger partial charge is 0.480 e. The van der Waals surface area contributed by atoms with E-state index in [1.807, 2.05) is 0 Å². The van der Waals surface area contributed by atoms with Crippen LogP contribution in [0.3, 0.4) is 0 Å². The van der Waals surface area contributed by atoms with Crippen LogP contribution in [0.1, 0.15) is 30.9 Å². The van der Waals surface area contributed by atoms with Gasteiger partial charge in [0.05, 0.1) is 7.11 Å². The maximum atomic E-state index is 12.7. The molecule has 0 aliphatic carbocycles. The first-order valence-corrected chi connectivity index (χ1v) is 14.5. The van der Waals surface area contributed by atoms with Crippen LogP contribution in [0.4, 0.5) is 0 Å². The van der Waals surface area contributed by atoms with Gasteiger partial charge in [-0.3, -0.25) is 14.5 Å². The molecule has 4 atom stereocenters. The van der Waals surface area contributed by atoms with E-state index in [4.69, 9.17) is 27.2 Å². The van der Waals surface area contributed by atoms with Crippen LogP contribution >= 0.6 is 33.2 Å². The normalized spacial score (nSPS) is 19.1. The Morgan fingerprint density at radius 2 is 1.90 bits per heavy atom. The molecule has 0 saturated carbocycles. The Bertz CT molecular complexity index is 1100. The van der Waals surface area contributed by atoms with Crippen LogP contribution in [0.15, 0.2) is 35.9 Å². The van der Waals surface area contributed by atoms with Crippen LogP contribution in [0, 0.1) is 0 Å². The van der Waals surface area contributed by atoms with Gasteiger partial charge >= 0.3 is 23.9 Å². The zero-order valence-corrected chi connectivity index (χ0v) is 23.3. The molecule has 1 fully saturated rings. The number of likely N-dealkylation sites (tertiary alicyclic amines) is 1. The van der Waals surface area contributed by atoms with Crippen LogP contribution < -0.4 is 11.1 Å². The van der Waals surface area contributed by atoms with Crippen molar-refractivity contribution in [1.29, 1.82) is 0 Å². The number of amides is 1. The molecule has 1 aliphatic heterocycles. The molecule has 0 spiro atoms. The Balaban J connectivity index is 2.06. The first-order chi connectivity index (χ1) is 18.4. The fourth-order valence-corrected chi connectivity index (χ4v) is 6.94. The highest BCUT2D eigenvalue weighted by Crippen LogP contribution is 2.39. The number of halogens is 1. The summed E-state index contributed by atoms with van der Waals surface area (Å²) in [5, 5.41) is 30.2. The van der Waals surface area contributed by atoms with Crippen LogP contribution in [0.2, 0.25) is 5.02 Å². The Hall–Kier alpha value is -2.78. The minimum absolute atomic E-state index is 0.0261. The van der Waals surface area contributed by atoms with Crippen molar-refractivity contribution >= 4 is 63.0 Å². The number of carbonyl (C=O) groups excluding carboxylic acids is 2. The van der Waals surface area contributed by atoms with Gasteiger partial charge in [0.15, 0.2) is 0 Å². The fourth-order valence-electron chi connectivity index (χ4n) is 3.83. The summed E-state index contributed by atoms with van der Waals surface area (Å²) < 4.78 is 5.00. The second-order valence-corrected chi connectivity index (χ2v) is 11.6. The number of rotatable bonds is 14. The second-order valence-electron chi connectivity index (χ2n) is 8.57. The van der Waals surface area contributed by atoms with Gasteiger partial charge in [0.2, 0.25) is 5.91 Å². The first kappa shape index (κ1) is 32.4. The van der Waals surface area contributed by atoms with Crippen LogP contribution in [-0.2, 0) is 28.7 Å². The van der Waals surface area contributed by atoms with Gasteiger partial charge < -0.3 is 31.1 Å². The summed E-state index contributed by atoms with van der Waals surface area (Å²) in [7, 11) is 3.69. The number of benzene rings is 1. The molecule has 12 nitrogen and oxygen atoms in total. The number of nitrogens with zero attached hydrogens (tertiary/aromatic N) is 1. The summed E-state index contributed by atoms with van der Waals surface area (Å²) in [5.41, 5.74) is 6.42. The molecular formula is C24H30ClN3O9S2. The van der Waals surface area contributed by atoms with Crippen molar-refractivity contribution in [1.82, 2.24) is 10.2 Å². The van der Waals surface area contributed by atoms with E-state index in [2.05, 4.69) is 5.32 Å². The number of carboxylic acids is 3. The summed E-state index contributed by atoms with van der Waals surface area (Å²) in [5.74, 6) is -4.89. The number of hydrogen-bond acceptors (Lipinski definition) is 10. The molecule has 1 amide bonds. The van der Waals surface area contributed by atoms with Crippen molar-refractivity contribution in [3.8, 4) is 0 Å². The zero-order chi connectivity index (χ0) is 29.1.